The molecule has 3 aromatic rings. The summed E-state index contributed by atoms with van der Waals surface area (Å²) in [5.74, 6) is 0.268. The summed E-state index contributed by atoms with van der Waals surface area (Å²) >= 11 is 0. The van der Waals surface area contributed by atoms with Crippen molar-refractivity contribution in [3.05, 3.63) is 66.5 Å². The Balaban J connectivity index is 1.07. The summed E-state index contributed by atoms with van der Waals surface area (Å²) < 4.78 is 0. The molecule has 3 aliphatic heterocycles. The average Bonchev–Trinajstić information content (AvgIpc) is 3.59. The highest BCUT2D eigenvalue weighted by molar-refractivity contribution is 6.00. The first-order valence-corrected chi connectivity index (χ1v) is 13.3. The van der Waals surface area contributed by atoms with E-state index in [1.54, 1.807) is 6.20 Å². The van der Waals surface area contributed by atoms with E-state index in [1.807, 2.05) is 52.4 Å². The highest BCUT2D eigenvalue weighted by Gasteiger charge is 2.49. The van der Waals surface area contributed by atoms with Crippen LogP contribution in [-0.4, -0.2) is 84.7 Å². The van der Waals surface area contributed by atoms with Crippen molar-refractivity contribution in [2.75, 3.05) is 62.7 Å². The van der Waals surface area contributed by atoms with Crippen molar-refractivity contribution < 1.29 is 9.59 Å². The third kappa shape index (κ3) is 4.50. The third-order valence-electron chi connectivity index (χ3n) is 8.51. The molecule has 4 heterocycles. The fraction of sp³-hybridized carbons (Fsp3) is 0.414. The number of hydrogen-bond acceptors (Lipinski definition) is 5. The lowest BCUT2D eigenvalue weighted by Crippen LogP contribution is -2.46. The number of nitrogens with zero attached hydrogens (tertiary/aromatic N) is 5. The largest absolute Gasteiger partial charge is 0.369 e. The molecule has 37 heavy (non-hydrogen) atoms. The first-order valence-electron chi connectivity index (χ1n) is 13.3. The van der Waals surface area contributed by atoms with E-state index < -0.39 is 0 Å². The van der Waals surface area contributed by atoms with Gasteiger partial charge in [0.1, 0.15) is 0 Å². The Hall–Kier alpha value is -3.65. The topological polar surface area (TPSA) is 75.8 Å². The number of anilines is 2. The van der Waals surface area contributed by atoms with Gasteiger partial charge in [-0.1, -0.05) is 12.1 Å². The molecule has 1 spiro atoms. The van der Waals surface area contributed by atoms with Crippen LogP contribution in [0.25, 0.3) is 11.1 Å². The van der Waals surface area contributed by atoms with Crippen molar-refractivity contribution in [3.8, 4) is 11.1 Å². The maximum atomic E-state index is 13.6. The number of carbonyl (C=O) groups excluding carboxylic acids is 2. The van der Waals surface area contributed by atoms with Crippen molar-refractivity contribution in [1.29, 1.82) is 0 Å². The van der Waals surface area contributed by atoms with Gasteiger partial charge in [-0.2, -0.15) is 5.10 Å². The van der Waals surface area contributed by atoms with E-state index in [-0.39, 0.29) is 17.2 Å². The van der Waals surface area contributed by atoms with Crippen LogP contribution in [0.2, 0.25) is 0 Å². The molecule has 3 fully saturated rings. The Morgan fingerprint density at radius 1 is 0.811 bits per heavy atom. The summed E-state index contributed by atoms with van der Waals surface area (Å²) in [5.41, 5.74) is 4.59. The van der Waals surface area contributed by atoms with Gasteiger partial charge in [0.2, 0.25) is 5.91 Å². The van der Waals surface area contributed by atoms with Gasteiger partial charge in [0.25, 0.3) is 5.91 Å². The van der Waals surface area contributed by atoms with E-state index in [0.29, 0.717) is 13.1 Å². The van der Waals surface area contributed by atoms with Crippen LogP contribution in [0.4, 0.5) is 11.4 Å². The number of likely N-dealkylation sites (N-methyl/N-ethyl adjacent to an activating group) is 1. The lowest BCUT2D eigenvalue weighted by molar-refractivity contribution is -0.127. The number of piperazine rings is 1. The van der Waals surface area contributed by atoms with Crippen LogP contribution in [0.5, 0.6) is 0 Å². The number of carbonyl (C=O) groups is 2. The lowest BCUT2D eigenvalue weighted by atomic mass is 9.77. The second kappa shape index (κ2) is 9.67. The first kappa shape index (κ1) is 23.7. The van der Waals surface area contributed by atoms with Crippen LogP contribution < -0.4 is 9.80 Å². The molecule has 0 atom stereocenters. The Morgan fingerprint density at radius 2 is 1.46 bits per heavy atom. The average molecular weight is 499 g/mol. The number of nitrogens with one attached hydrogen (secondary N) is 1. The van der Waals surface area contributed by atoms with Gasteiger partial charge in [-0.25, -0.2) is 0 Å². The number of rotatable bonds is 4. The van der Waals surface area contributed by atoms with Crippen LogP contribution in [-0.2, 0) is 4.79 Å². The number of aromatic amines is 1. The quantitative estimate of drug-likeness (QED) is 0.596. The zero-order valence-corrected chi connectivity index (χ0v) is 21.4. The van der Waals surface area contributed by atoms with E-state index in [4.69, 9.17) is 0 Å². The van der Waals surface area contributed by atoms with Crippen LogP contribution in [0.1, 0.15) is 29.6 Å². The van der Waals surface area contributed by atoms with Gasteiger partial charge in [-0.15, -0.1) is 0 Å². The Bertz CT molecular complexity index is 1240. The summed E-state index contributed by atoms with van der Waals surface area (Å²) in [7, 11) is 2.15. The SMILES string of the molecule is CN1CCN(c2ccc(C(=O)N3CCC4(CC3)CCN(c3ccc(-c5cn[nH]c5)cc3)C4=O)cc2)CC1. The molecule has 1 aromatic heterocycles. The molecule has 2 amide bonds. The van der Waals surface area contributed by atoms with Gasteiger partial charge in [0, 0.05) is 74.5 Å². The standard InChI is InChI=1S/C29H34N6O2/c1-32-16-18-33(19-17-32)25-6-4-23(5-7-25)27(36)34-13-10-29(11-14-34)12-15-35(28(29)37)26-8-2-22(3-9-26)24-20-30-31-21-24/h2-9,20-21H,10-19H2,1H3,(H,30,31). The predicted molar refractivity (Wildman–Crippen MR) is 145 cm³/mol. The van der Waals surface area contributed by atoms with Gasteiger partial charge in [0.05, 0.1) is 11.6 Å². The number of hydrogen-bond donors (Lipinski definition) is 1. The van der Waals surface area contributed by atoms with E-state index in [9.17, 15) is 9.59 Å². The highest BCUT2D eigenvalue weighted by Crippen LogP contribution is 2.43. The Kier molecular flexibility index (Phi) is 6.20. The maximum Gasteiger partial charge on any atom is 0.253 e. The third-order valence-corrected chi connectivity index (χ3v) is 8.51. The van der Waals surface area contributed by atoms with Crippen molar-refractivity contribution in [2.24, 2.45) is 5.41 Å². The smallest absolute Gasteiger partial charge is 0.253 e. The van der Waals surface area contributed by atoms with Crippen molar-refractivity contribution >= 4 is 23.2 Å². The molecule has 0 bridgehead atoms. The molecule has 192 valence electrons. The fourth-order valence-electron chi connectivity index (χ4n) is 5.97. The second-order valence-electron chi connectivity index (χ2n) is 10.7. The molecule has 0 unspecified atom stereocenters. The number of benzene rings is 2. The summed E-state index contributed by atoms with van der Waals surface area (Å²) in [6.07, 6.45) is 5.95. The van der Waals surface area contributed by atoms with Crippen LogP contribution in [0, 0.1) is 5.41 Å². The van der Waals surface area contributed by atoms with Crippen molar-refractivity contribution in [3.63, 3.8) is 0 Å². The van der Waals surface area contributed by atoms with E-state index in [0.717, 1.165) is 74.4 Å². The molecule has 1 N–H and O–H groups in total. The molecule has 0 radical (unpaired) electrons. The number of aromatic nitrogens is 2. The minimum Gasteiger partial charge on any atom is -0.369 e. The van der Waals surface area contributed by atoms with Gasteiger partial charge in [-0.05, 0) is 68.3 Å². The number of likely N-dealkylation sites (tertiary alicyclic amines) is 1. The minimum atomic E-state index is -0.356. The molecule has 8 nitrogen and oxygen atoms in total. The normalized spacial score (nSPS) is 20.1. The minimum absolute atomic E-state index is 0.0666. The highest BCUT2D eigenvalue weighted by atomic mass is 16.2. The summed E-state index contributed by atoms with van der Waals surface area (Å²) in [5, 5.41) is 6.85. The summed E-state index contributed by atoms with van der Waals surface area (Å²) in [4.78, 5) is 35.3. The van der Waals surface area contributed by atoms with Crippen LogP contribution in [0.15, 0.2) is 60.9 Å². The Labute approximate surface area is 217 Å². The zero-order chi connectivity index (χ0) is 25.4. The first-order chi connectivity index (χ1) is 18.0. The van der Waals surface area contributed by atoms with Crippen molar-refractivity contribution in [1.82, 2.24) is 20.0 Å². The van der Waals surface area contributed by atoms with Gasteiger partial charge >= 0.3 is 0 Å². The zero-order valence-electron chi connectivity index (χ0n) is 21.4. The predicted octanol–water partition coefficient (Wildman–Crippen LogP) is 3.49. The number of amides is 2. The molecule has 3 aliphatic rings. The molecule has 0 aliphatic carbocycles. The van der Waals surface area contributed by atoms with E-state index >= 15 is 0 Å². The molecule has 6 rings (SSSR count). The molecular weight excluding hydrogens is 464 g/mol. The summed E-state index contributed by atoms with van der Waals surface area (Å²) in [6.45, 7) is 6.11. The summed E-state index contributed by atoms with van der Waals surface area (Å²) in [6, 6.07) is 16.2. The molecule has 2 aromatic carbocycles. The molecule has 3 saturated heterocycles. The van der Waals surface area contributed by atoms with Crippen LogP contribution in [0.3, 0.4) is 0 Å². The van der Waals surface area contributed by atoms with E-state index in [2.05, 4.69) is 39.2 Å². The molecular formula is C29H34N6O2. The fourth-order valence-corrected chi connectivity index (χ4v) is 5.97. The Morgan fingerprint density at radius 3 is 2.11 bits per heavy atom. The van der Waals surface area contributed by atoms with E-state index in [1.165, 1.54) is 5.69 Å². The molecule has 8 heteroatoms. The molecule has 0 saturated carbocycles. The van der Waals surface area contributed by atoms with Crippen LogP contribution >= 0.6 is 0 Å². The van der Waals surface area contributed by atoms with Gasteiger partial charge < -0.3 is 19.6 Å². The van der Waals surface area contributed by atoms with Crippen molar-refractivity contribution in [2.45, 2.75) is 19.3 Å². The monoisotopic (exact) mass is 498 g/mol. The lowest BCUT2D eigenvalue weighted by Gasteiger charge is -2.38. The maximum absolute atomic E-state index is 13.6. The number of H-pyrrole nitrogens is 1. The van der Waals surface area contributed by atoms with Gasteiger partial charge in [-0.3, -0.25) is 14.7 Å². The second-order valence-corrected chi connectivity index (χ2v) is 10.7. The number of piperidine rings is 1. The van der Waals surface area contributed by atoms with Gasteiger partial charge in [0.15, 0.2) is 0 Å².